The van der Waals surface area contributed by atoms with Gasteiger partial charge in [0, 0.05) is 37.7 Å². The normalized spacial score (nSPS) is 17.1. The van der Waals surface area contributed by atoms with Gasteiger partial charge in [-0.15, -0.1) is 0 Å². The van der Waals surface area contributed by atoms with Gasteiger partial charge >= 0.3 is 0 Å². The number of nitrogens with zero attached hydrogens (tertiary/aromatic N) is 3. The van der Waals surface area contributed by atoms with E-state index in [4.69, 9.17) is 4.74 Å². The van der Waals surface area contributed by atoms with Crippen LogP contribution in [0.1, 0.15) is 28.9 Å². The second kappa shape index (κ2) is 6.86. The van der Waals surface area contributed by atoms with Crippen LogP contribution in [0.3, 0.4) is 0 Å². The molecule has 3 rings (SSSR count). The van der Waals surface area contributed by atoms with Crippen molar-refractivity contribution < 1.29 is 9.53 Å². The van der Waals surface area contributed by atoms with E-state index in [-0.39, 0.29) is 11.3 Å². The number of amides is 1. The lowest BCUT2D eigenvalue weighted by molar-refractivity contribution is 0.0511. The second-order valence-corrected chi connectivity index (χ2v) is 6.67. The first-order chi connectivity index (χ1) is 11.5. The number of hydrogen-bond donors (Lipinski definition) is 2. The minimum absolute atomic E-state index is 0.0113. The SMILES string of the molecule is COCC1(CNC(=O)c2cnc3c(c2)c(C)nn3C)CCNCC1. The van der Waals surface area contributed by atoms with E-state index in [1.165, 1.54) is 0 Å². The zero-order valence-electron chi connectivity index (χ0n) is 14.6. The molecule has 0 aromatic carbocycles. The van der Waals surface area contributed by atoms with Crippen molar-refractivity contribution in [1.82, 2.24) is 25.4 Å². The molecule has 1 saturated heterocycles. The Morgan fingerprint density at radius 3 is 2.92 bits per heavy atom. The van der Waals surface area contributed by atoms with Crippen molar-refractivity contribution in [2.75, 3.05) is 33.4 Å². The van der Waals surface area contributed by atoms with E-state index in [1.807, 2.05) is 20.0 Å². The summed E-state index contributed by atoms with van der Waals surface area (Å²) in [6.45, 7) is 5.12. The predicted octanol–water partition coefficient (Wildman–Crippen LogP) is 1.02. The number of fused-ring (bicyclic) bond motifs is 1. The first kappa shape index (κ1) is 16.9. The highest BCUT2D eigenvalue weighted by molar-refractivity contribution is 5.97. The van der Waals surface area contributed by atoms with Gasteiger partial charge in [0.15, 0.2) is 5.65 Å². The molecule has 2 N–H and O–H groups in total. The molecule has 0 saturated carbocycles. The summed E-state index contributed by atoms with van der Waals surface area (Å²) in [5.74, 6) is -0.0957. The molecule has 130 valence electrons. The van der Waals surface area contributed by atoms with E-state index in [0.717, 1.165) is 42.7 Å². The van der Waals surface area contributed by atoms with Crippen LogP contribution in [0.4, 0.5) is 0 Å². The fraction of sp³-hybridized carbons (Fsp3) is 0.588. The largest absolute Gasteiger partial charge is 0.384 e. The first-order valence-electron chi connectivity index (χ1n) is 8.32. The number of nitrogens with one attached hydrogen (secondary N) is 2. The third kappa shape index (κ3) is 3.27. The van der Waals surface area contributed by atoms with Crippen LogP contribution in [0.25, 0.3) is 11.0 Å². The van der Waals surface area contributed by atoms with Gasteiger partial charge in [0.2, 0.25) is 0 Å². The molecule has 0 atom stereocenters. The van der Waals surface area contributed by atoms with Gasteiger partial charge in [0.25, 0.3) is 5.91 Å². The second-order valence-electron chi connectivity index (χ2n) is 6.67. The summed E-state index contributed by atoms with van der Waals surface area (Å²) in [4.78, 5) is 16.9. The summed E-state index contributed by atoms with van der Waals surface area (Å²) in [5, 5.41) is 11.7. The molecule has 0 unspecified atom stereocenters. The lowest BCUT2D eigenvalue weighted by Crippen LogP contribution is -2.47. The number of pyridine rings is 1. The third-order valence-electron chi connectivity index (χ3n) is 4.86. The molecule has 1 aliphatic rings. The zero-order chi connectivity index (χ0) is 17.2. The lowest BCUT2D eigenvalue weighted by Gasteiger charge is -2.37. The average Bonchev–Trinajstić information content (AvgIpc) is 2.88. The van der Waals surface area contributed by atoms with E-state index in [2.05, 4.69) is 20.7 Å². The number of aryl methyl sites for hydroxylation is 2. The predicted molar refractivity (Wildman–Crippen MR) is 92.0 cm³/mol. The van der Waals surface area contributed by atoms with Crippen LogP contribution < -0.4 is 10.6 Å². The number of rotatable bonds is 5. The van der Waals surface area contributed by atoms with Crippen LogP contribution >= 0.6 is 0 Å². The molecule has 2 aromatic heterocycles. The van der Waals surface area contributed by atoms with Crippen LogP contribution in [0.15, 0.2) is 12.3 Å². The summed E-state index contributed by atoms with van der Waals surface area (Å²) in [6.07, 6.45) is 3.62. The monoisotopic (exact) mass is 331 g/mol. The van der Waals surface area contributed by atoms with Crippen molar-refractivity contribution in [1.29, 1.82) is 0 Å². The van der Waals surface area contributed by atoms with E-state index in [1.54, 1.807) is 18.0 Å². The minimum atomic E-state index is -0.0957. The highest BCUT2D eigenvalue weighted by atomic mass is 16.5. The number of hydrogen-bond acceptors (Lipinski definition) is 5. The van der Waals surface area contributed by atoms with Gasteiger partial charge in [0.1, 0.15) is 0 Å². The first-order valence-corrected chi connectivity index (χ1v) is 8.32. The van der Waals surface area contributed by atoms with Gasteiger partial charge in [-0.2, -0.15) is 5.10 Å². The van der Waals surface area contributed by atoms with Gasteiger partial charge in [-0.3, -0.25) is 9.48 Å². The average molecular weight is 331 g/mol. The summed E-state index contributed by atoms with van der Waals surface area (Å²) in [5.41, 5.74) is 2.25. The Labute approximate surface area is 141 Å². The minimum Gasteiger partial charge on any atom is -0.384 e. The maximum Gasteiger partial charge on any atom is 0.252 e. The fourth-order valence-electron chi connectivity index (χ4n) is 3.44. The fourth-order valence-corrected chi connectivity index (χ4v) is 3.44. The molecular weight excluding hydrogens is 306 g/mol. The van der Waals surface area contributed by atoms with Gasteiger partial charge in [-0.05, 0) is 38.9 Å². The van der Waals surface area contributed by atoms with E-state index < -0.39 is 0 Å². The van der Waals surface area contributed by atoms with E-state index >= 15 is 0 Å². The van der Waals surface area contributed by atoms with Crippen molar-refractivity contribution in [3.63, 3.8) is 0 Å². The van der Waals surface area contributed by atoms with Crippen molar-refractivity contribution in [2.24, 2.45) is 12.5 Å². The Bertz CT molecular complexity index is 728. The summed E-state index contributed by atoms with van der Waals surface area (Å²) in [7, 11) is 3.57. The van der Waals surface area contributed by atoms with Crippen LogP contribution in [-0.4, -0.2) is 54.0 Å². The van der Waals surface area contributed by atoms with Crippen molar-refractivity contribution in [3.8, 4) is 0 Å². The molecule has 1 aliphatic heterocycles. The third-order valence-corrected chi connectivity index (χ3v) is 4.86. The molecule has 24 heavy (non-hydrogen) atoms. The van der Waals surface area contributed by atoms with Gasteiger partial charge in [-0.1, -0.05) is 0 Å². The molecule has 7 heteroatoms. The van der Waals surface area contributed by atoms with Gasteiger partial charge < -0.3 is 15.4 Å². The molecule has 0 bridgehead atoms. The van der Waals surface area contributed by atoms with Crippen LogP contribution in [-0.2, 0) is 11.8 Å². The molecule has 0 radical (unpaired) electrons. The Morgan fingerprint density at radius 2 is 2.21 bits per heavy atom. The number of aromatic nitrogens is 3. The Hall–Kier alpha value is -1.99. The maximum atomic E-state index is 12.6. The number of carbonyl (C=O) groups excluding carboxylic acids is 1. The Morgan fingerprint density at radius 1 is 1.46 bits per heavy atom. The molecule has 1 fully saturated rings. The maximum absolute atomic E-state index is 12.6. The summed E-state index contributed by atoms with van der Waals surface area (Å²) in [6, 6.07) is 1.87. The highest BCUT2D eigenvalue weighted by Crippen LogP contribution is 2.28. The summed E-state index contributed by atoms with van der Waals surface area (Å²) >= 11 is 0. The standard InChI is InChI=1S/C17H25N5O2/c1-12-14-8-13(9-19-15(14)22(2)21-12)16(23)20-10-17(11-24-3)4-6-18-7-5-17/h8-9,18H,4-7,10-11H2,1-3H3,(H,20,23). The molecule has 3 heterocycles. The van der Waals surface area contributed by atoms with Crippen molar-refractivity contribution in [3.05, 3.63) is 23.5 Å². The van der Waals surface area contributed by atoms with E-state index in [0.29, 0.717) is 18.7 Å². The van der Waals surface area contributed by atoms with Crippen LogP contribution in [0.2, 0.25) is 0 Å². The number of methoxy groups -OCH3 is 1. The summed E-state index contributed by atoms with van der Waals surface area (Å²) < 4.78 is 7.13. The van der Waals surface area contributed by atoms with Crippen LogP contribution in [0.5, 0.6) is 0 Å². The highest BCUT2D eigenvalue weighted by Gasteiger charge is 2.32. The van der Waals surface area contributed by atoms with Crippen LogP contribution in [0, 0.1) is 12.3 Å². The Kier molecular flexibility index (Phi) is 4.82. The van der Waals surface area contributed by atoms with Gasteiger partial charge in [-0.25, -0.2) is 4.98 Å². The topological polar surface area (TPSA) is 81.1 Å². The smallest absolute Gasteiger partial charge is 0.252 e. The zero-order valence-corrected chi connectivity index (χ0v) is 14.6. The molecule has 0 aliphatic carbocycles. The molecule has 2 aromatic rings. The Balaban J connectivity index is 1.73. The number of ether oxygens (including phenoxy) is 1. The van der Waals surface area contributed by atoms with Crippen molar-refractivity contribution in [2.45, 2.75) is 19.8 Å². The molecule has 0 spiro atoms. The van der Waals surface area contributed by atoms with Gasteiger partial charge in [0.05, 0.1) is 17.9 Å². The molecule has 1 amide bonds. The lowest BCUT2D eigenvalue weighted by atomic mass is 9.79. The quantitative estimate of drug-likeness (QED) is 0.855. The van der Waals surface area contributed by atoms with E-state index in [9.17, 15) is 4.79 Å². The molecular formula is C17H25N5O2. The molecule has 7 nitrogen and oxygen atoms in total. The van der Waals surface area contributed by atoms with Crippen molar-refractivity contribution >= 4 is 16.9 Å². The number of piperidine rings is 1. The number of carbonyl (C=O) groups is 1.